The maximum atomic E-state index is 12.3. The number of anilines is 1. The molecule has 0 spiro atoms. The largest absolute Gasteiger partial charge is 0.484 e. The molecule has 0 radical (unpaired) electrons. The third-order valence-electron chi connectivity index (χ3n) is 4.06. The van der Waals surface area contributed by atoms with Crippen molar-refractivity contribution in [1.29, 1.82) is 0 Å². The van der Waals surface area contributed by atoms with Crippen molar-refractivity contribution >= 4 is 58.1 Å². The summed E-state index contributed by atoms with van der Waals surface area (Å²) >= 11 is 6.55. The van der Waals surface area contributed by atoms with E-state index >= 15 is 0 Å². The van der Waals surface area contributed by atoms with Crippen LogP contribution >= 0.6 is 23.4 Å². The first kappa shape index (κ1) is 22.4. The Labute approximate surface area is 187 Å². The zero-order valence-electron chi connectivity index (χ0n) is 16.3. The third-order valence-corrected chi connectivity index (χ3v) is 5.22. The van der Waals surface area contributed by atoms with Crippen LogP contribution in [0.4, 0.5) is 10.5 Å². The summed E-state index contributed by atoms with van der Waals surface area (Å²) in [6, 6.07) is 13.3. The van der Waals surface area contributed by atoms with Crippen LogP contribution in [0.5, 0.6) is 5.75 Å². The lowest BCUT2D eigenvalue weighted by molar-refractivity contribution is -0.143. The second-order valence-electron chi connectivity index (χ2n) is 6.26. The summed E-state index contributed by atoms with van der Waals surface area (Å²) in [5.41, 5.74) is 1.26. The van der Waals surface area contributed by atoms with Gasteiger partial charge >= 0.3 is 5.97 Å². The van der Waals surface area contributed by atoms with Gasteiger partial charge in [0.2, 0.25) is 0 Å². The molecule has 160 valence electrons. The number of carbonyl (C=O) groups excluding carboxylic acids is 4. The van der Waals surface area contributed by atoms with Gasteiger partial charge in [-0.1, -0.05) is 23.7 Å². The number of amides is 3. The molecule has 1 saturated heterocycles. The van der Waals surface area contributed by atoms with E-state index in [1.54, 1.807) is 54.6 Å². The number of nitrogens with zero attached hydrogens (tertiary/aromatic N) is 1. The van der Waals surface area contributed by atoms with Gasteiger partial charge in [-0.25, -0.2) is 0 Å². The van der Waals surface area contributed by atoms with Crippen LogP contribution in [0.1, 0.15) is 5.56 Å². The molecule has 1 N–H and O–H groups in total. The number of imide groups is 1. The van der Waals surface area contributed by atoms with Crippen LogP contribution in [0.15, 0.2) is 53.4 Å². The summed E-state index contributed by atoms with van der Waals surface area (Å²) in [5, 5.41) is 2.73. The molecule has 0 saturated carbocycles. The number of methoxy groups -OCH3 is 1. The number of rotatable bonds is 7. The van der Waals surface area contributed by atoms with E-state index in [4.69, 9.17) is 16.3 Å². The Hall–Kier alpha value is -3.30. The molecule has 0 bridgehead atoms. The number of esters is 1. The number of hydrogen-bond acceptors (Lipinski definition) is 7. The highest BCUT2D eigenvalue weighted by Crippen LogP contribution is 2.32. The zero-order valence-corrected chi connectivity index (χ0v) is 17.9. The Bertz CT molecular complexity index is 1040. The Balaban J connectivity index is 1.55. The van der Waals surface area contributed by atoms with E-state index in [1.807, 2.05) is 0 Å². The highest BCUT2D eigenvalue weighted by Gasteiger charge is 2.36. The number of carbonyl (C=O) groups is 4. The van der Waals surface area contributed by atoms with E-state index in [9.17, 15) is 19.2 Å². The molecule has 1 heterocycles. The fraction of sp³-hybridized carbons (Fsp3) is 0.143. The van der Waals surface area contributed by atoms with Crippen molar-refractivity contribution in [2.75, 3.05) is 25.6 Å². The van der Waals surface area contributed by atoms with E-state index in [0.717, 1.165) is 16.7 Å². The average Bonchev–Trinajstić information content (AvgIpc) is 3.02. The van der Waals surface area contributed by atoms with Crippen LogP contribution in [0.25, 0.3) is 6.08 Å². The maximum Gasteiger partial charge on any atom is 0.325 e. The van der Waals surface area contributed by atoms with E-state index in [0.29, 0.717) is 22.0 Å². The van der Waals surface area contributed by atoms with Crippen LogP contribution in [-0.4, -0.2) is 48.2 Å². The highest BCUT2D eigenvalue weighted by atomic mass is 35.5. The van der Waals surface area contributed by atoms with Gasteiger partial charge in [0.25, 0.3) is 17.1 Å². The van der Waals surface area contributed by atoms with Gasteiger partial charge in [-0.15, -0.1) is 0 Å². The molecule has 0 aliphatic carbocycles. The number of hydrogen-bond donors (Lipinski definition) is 1. The molecule has 0 atom stereocenters. The number of ether oxygens (including phenoxy) is 2. The van der Waals surface area contributed by atoms with Crippen molar-refractivity contribution in [1.82, 2.24) is 4.90 Å². The summed E-state index contributed by atoms with van der Waals surface area (Å²) in [6.45, 7) is -0.613. The van der Waals surface area contributed by atoms with Crippen molar-refractivity contribution in [3.63, 3.8) is 0 Å². The van der Waals surface area contributed by atoms with E-state index in [2.05, 4.69) is 10.1 Å². The van der Waals surface area contributed by atoms with E-state index in [-0.39, 0.29) is 17.4 Å². The standard InChI is InChI=1S/C21H17ClN2O6S/c1-29-19(26)11-24-20(27)17(31-21(24)28)10-13-2-8-16(9-3-13)30-12-18(25)23-15-6-4-14(22)5-7-15/h2-10H,11-12H2,1H3,(H,23,25)/b17-10-. The van der Waals surface area contributed by atoms with Crippen LogP contribution in [0, 0.1) is 0 Å². The predicted molar refractivity (Wildman–Crippen MR) is 117 cm³/mol. The summed E-state index contributed by atoms with van der Waals surface area (Å²) in [7, 11) is 1.18. The van der Waals surface area contributed by atoms with Crippen molar-refractivity contribution < 1.29 is 28.7 Å². The Kier molecular flexibility index (Phi) is 7.32. The van der Waals surface area contributed by atoms with Crippen LogP contribution in [-0.2, 0) is 19.1 Å². The van der Waals surface area contributed by atoms with Gasteiger partial charge < -0.3 is 14.8 Å². The zero-order chi connectivity index (χ0) is 22.4. The number of thioether (sulfide) groups is 1. The fourth-order valence-corrected chi connectivity index (χ4v) is 3.49. The molecule has 1 fully saturated rings. The Morgan fingerprint density at radius 1 is 1.10 bits per heavy atom. The molecule has 3 amide bonds. The third kappa shape index (κ3) is 6.09. The average molecular weight is 461 g/mol. The van der Waals surface area contributed by atoms with Gasteiger partial charge in [0.15, 0.2) is 6.61 Å². The maximum absolute atomic E-state index is 12.3. The Morgan fingerprint density at radius 2 is 1.77 bits per heavy atom. The van der Waals surface area contributed by atoms with Crippen molar-refractivity contribution in [3.8, 4) is 5.75 Å². The Morgan fingerprint density at radius 3 is 2.42 bits per heavy atom. The number of benzene rings is 2. The van der Waals surface area contributed by atoms with Crippen molar-refractivity contribution in [2.24, 2.45) is 0 Å². The highest BCUT2D eigenvalue weighted by molar-refractivity contribution is 8.18. The van der Waals surface area contributed by atoms with Gasteiger partial charge in [-0.3, -0.25) is 24.1 Å². The summed E-state index contributed by atoms with van der Waals surface area (Å²) in [4.78, 5) is 48.6. The molecule has 31 heavy (non-hydrogen) atoms. The van der Waals surface area contributed by atoms with Gasteiger partial charge in [-0.2, -0.15) is 0 Å². The fourth-order valence-electron chi connectivity index (χ4n) is 2.52. The lowest BCUT2D eigenvalue weighted by Gasteiger charge is -2.09. The molecule has 1 aliphatic heterocycles. The van der Waals surface area contributed by atoms with Crippen LogP contribution in [0.3, 0.4) is 0 Å². The minimum absolute atomic E-state index is 0.186. The van der Waals surface area contributed by atoms with Gasteiger partial charge in [-0.05, 0) is 59.8 Å². The minimum Gasteiger partial charge on any atom is -0.484 e. The predicted octanol–water partition coefficient (Wildman–Crippen LogP) is 3.57. The first-order valence-corrected chi connectivity index (χ1v) is 10.2. The molecule has 10 heteroatoms. The summed E-state index contributed by atoms with van der Waals surface area (Å²) in [6.07, 6.45) is 1.54. The molecule has 0 aromatic heterocycles. The smallest absolute Gasteiger partial charge is 0.325 e. The van der Waals surface area contributed by atoms with E-state index in [1.165, 1.54) is 7.11 Å². The monoisotopic (exact) mass is 460 g/mol. The van der Waals surface area contributed by atoms with Gasteiger partial charge in [0.1, 0.15) is 12.3 Å². The topological polar surface area (TPSA) is 102 Å². The first-order chi connectivity index (χ1) is 14.9. The molecule has 2 aromatic rings. The van der Waals surface area contributed by atoms with Gasteiger partial charge in [0, 0.05) is 10.7 Å². The van der Waals surface area contributed by atoms with E-state index < -0.39 is 23.7 Å². The normalized spacial score (nSPS) is 14.6. The molecular formula is C21H17ClN2O6S. The number of nitrogens with one attached hydrogen (secondary N) is 1. The molecule has 0 unspecified atom stereocenters. The second kappa shape index (κ2) is 10.1. The number of halogens is 1. The quantitative estimate of drug-likeness (QED) is 0.497. The SMILES string of the molecule is COC(=O)CN1C(=O)S/C(=C\c2ccc(OCC(=O)Nc3ccc(Cl)cc3)cc2)C1=O. The van der Waals surface area contributed by atoms with Gasteiger partial charge in [0.05, 0.1) is 12.0 Å². The first-order valence-electron chi connectivity index (χ1n) is 8.96. The minimum atomic E-state index is -0.676. The van der Waals surface area contributed by atoms with Crippen LogP contribution in [0.2, 0.25) is 5.02 Å². The van der Waals surface area contributed by atoms with Crippen LogP contribution < -0.4 is 10.1 Å². The van der Waals surface area contributed by atoms with Crippen molar-refractivity contribution in [2.45, 2.75) is 0 Å². The second-order valence-corrected chi connectivity index (χ2v) is 7.69. The molecule has 8 nitrogen and oxygen atoms in total. The summed E-state index contributed by atoms with van der Waals surface area (Å²) < 4.78 is 9.95. The lowest BCUT2D eigenvalue weighted by atomic mass is 10.2. The summed E-state index contributed by atoms with van der Waals surface area (Å²) in [5.74, 6) is -1.10. The molecule has 3 rings (SSSR count). The molecular weight excluding hydrogens is 444 g/mol. The molecule has 2 aromatic carbocycles. The lowest BCUT2D eigenvalue weighted by Crippen LogP contribution is -2.34. The van der Waals surface area contributed by atoms with Crippen molar-refractivity contribution in [3.05, 3.63) is 64.0 Å². The molecule has 1 aliphatic rings.